The van der Waals surface area contributed by atoms with Crippen LogP contribution >= 0.6 is 0 Å². The maximum atomic E-state index is 13.3. The molecule has 3 N–H and O–H groups in total. The Morgan fingerprint density at radius 3 is 2.60 bits per heavy atom. The second kappa shape index (κ2) is 5.14. The van der Waals surface area contributed by atoms with E-state index >= 15 is 0 Å². The van der Waals surface area contributed by atoms with Crippen molar-refractivity contribution in [3.8, 4) is 0 Å². The Hall–Kier alpha value is -2.21. The molecule has 6 nitrogen and oxygen atoms in total. The molecule has 3 amide bonds. The maximum Gasteiger partial charge on any atom is 0.291 e. The summed E-state index contributed by atoms with van der Waals surface area (Å²) < 4.78 is 0. The molecular weight excluding hydrogens is 318 g/mol. The van der Waals surface area contributed by atoms with E-state index in [-0.39, 0.29) is 29.7 Å². The van der Waals surface area contributed by atoms with Crippen molar-refractivity contribution in [2.75, 3.05) is 11.9 Å². The third-order valence-electron chi connectivity index (χ3n) is 6.58. The number of amides is 3. The number of anilines is 1. The van der Waals surface area contributed by atoms with Gasteiger partial charge in [0.1, 0.15) is 11.8 Å². The minimum absolute atomic E-state index is 0.0242. The summed E-state index contributed by atoms with van der Waals surface area (Å²) in [7, 11) is 0. The fraction of sp³-hybridized carbons (Fsp3) is 0.526. The molecule has 1 aromatic rings. The average molecular weight is 340 g/mol. The van der Waals surface area contributed by atoms with E-state index in [4.69, 9.17) is 0 Å². The zero-order valence-corrected chi connectivity index (χ0v) is 14.0. The Morgan fingerprint density at radius 2 is 1.80 bits per heavy atom. The fourth-order valence-electron chi connectivity index (χ4n) is 5.45. The lowest BCUT2D eigenvalue weighted by Crippen LogP contribution is -2.95. The van der Waals surface area contributed by atoms with E-state index in [0.29, 0.717) is 6.54 Å². The highest BCUT2D eigenvalue weighted by Crippen LogP contribution is 2.48. The molecule has 130 valence electrons. The van der Waals surface area contributed by atoms with Crippen LogP contribution in [0.5, 0.6) is 0 Å². The molecule has 0 aromatic heterocycles. The third-order valence-corrected chi connectivity index (χ3v) is 6.58. The van der Waals surface area contributed by atoms with Crippen molar-refractivity contribution in [1.29, 1.82) is 0 Å². The van der Waals surface area contributed by atoms with Gasteiger partial charge in [0.05, 0.1) is 12.2 Å². The molecule has 1 spiro atoms. The van der Waals surface area contributed by atoms with E-state index in [0.717, 1.165) is 36.9 Å². The number of para-hydroxylation sites is 1. The summed E-state index contributed by atoms with van der Waals surface area (Å²) in [5.74, 6) is -1.32. The molecule has 3 atom stereocenters. The van der Waals surface area contributed by atoms with Gasteiger partial charge in [0, 0.05) is 11.6 Å². The molecule has 3 aliphatic heterocycles. The number of rotatable bonds is 1. The van der Waals surface area contributed by atoms with Crippen LogP contribution in [-0.2, 0) is 19.9 Å². The first-order valence-electron chi connectivity index (χ1n) is 9.27. The van der Waals surface area contributed by atoms with E-state index in [2.05, 4.69) is 5.32 Å². The van der Waals surface area contributed by atoms with Crippen LogP contribution in [0.1, 0.15) is 37.7 Å². The molecule has 4 aliphatic rings. The topological polar surface area (TPSA) is 83.1 Å². The Bertz CT molecular complexity index is 786. The number of carbonyl (C=O) groups excluding carboxylic acids is 3. The first-order chi connectivity index (χ1) is 12.1. The molecule has 0 bridgehead atoms. The summed E-state index contributed by atoms with van der Waals surface area (Å²) in [4.78, 5) is 40.8. The minimum Gasteiger partial charge on any atom is -0.328 e. The number of quaternary nitrogens is 1. The van der Waals surface area contributed by atoms with Gasteiger partial charge in [0.15, 0.2) is 0 Å². The SMILES string of the molecule is O=C1[C@@H]2C[NH2+][C@@]3(C(=O)Nc4ccccc43)[C@H]2C(=O)N1C1CCCCC1. The van der Waals surface area contributed by atoms with E-state index in [9.17, 15) is 14.4 Å². The predicted molar refractivity (Wildman–Crippen MR) is 89.2 cm³/mol. The summed E-state index contributed by atoms with van der Waals surface area (Å²) >= 11 is 0. The van der Waals surface area contributed by atoms with Gasteiger partial charge in [-0.05, 0) is 18.9 Å². The van der Waals surface area contributed by atoms with Gasteiger partial charge in [-0.1, -0.05) is 37.5 Å². The first kappa shape index (κ1) is 15.1. The summed E-state index contributed by atoms with van der Waals surface area (Å²) in [6, 6.07) is 7.56. The summed E-state index contributed by atoms with van der Waals surface area (Å²) in [5.41, 5.74) is 0.636. The molecule has 1 aliphatic carbocycles. The van der Waals surface area contributed by atoms with Crippen molar-refractivity contribution in [1.82, 2.24) is 4.90 Å². The lowest BCUT2D eigenvalue weighted by molar-refractivity contribution is -0.704. The quantitative estimate of drug-likeness (QED) is 0.724. The van der Waals surface area contributed by atoms with Crippen molar-refractivity contribution in [3.63, 3.8) is 0 Å². The van der Waals surface area contributed by atoms with Crippen LogP contribution in [0.4, 0.5) is 5.69 Å². The number of hydrogen-bond donors (Lipinski definition) is 2. The highest BCUT2D eigenvalue weighted by Gasteiger charge is 2.71. The smallest absolute Gasteiger partial charge is 0.291 e. The van der Waals surface area contributed by atoms with Gasteiger partial charge in [-0.15, -0.1) is 0 Å². The van der Waals surface area contributed by atoms with E-state index < -0.39 is 11.5 Å². The second-order valence-corrected chi connectivity index (χ2v) is 7.73. The molecule has 6 heteroatoms. The van der Waals surface area contributed by atoms with Gasteiger partial charge < -0.3 is 10.6 Å². The highest BCUT2D eigenvalue weighted by molar-refractivity contribution is 6.13. The molecule has 3 fully saturated rings. The van der Waals surface area contributed by atoms with Crippen LogP contribution in [0, 0.1) is 11.8 Å². The largest absolute Gasteiger partial charge is 0.328 e. The molecule has 0 radical (unpaired) electrons. The van der Waals surface area contributed by atoms with Crippen LogP contribution in [0.25, 0.3) is 0 Å². The van der Waals surface area contributed by atoms with Gasteiger partial charge in [-0.2, -0.15) is 0 Å². The van der Waals surface area contributed by atoms with Crippen molar-refractivity contribution in [3.05, 3.63) is 29.8 Å². The molecular formula is C19H22N3O3+. The van der Waals surface area contributed by atoms with Gasteiger partial charge in [-0.3, -0.25) is 19.3 Å². The minimum atomic E-state index is -0.975. The molecule has 0 unspecified atom stereocenters. The second-order valence-electron chi connectivity index (χ2n) is 7.73. The maximum absolute atomic E-state index is 13.3. The zero-order valence-electron chi connectivity index (χ0n) is 14.0. The van der Waals surface area contributed by atoms with Crippen molar-refractivity contribution < 1.29 is 19.7 Å². The van der Waals surface area contributed by atoms with Crippen LogP contribution < -0.4 is 10.6 Å². The average Bonchev–Trinajstić information content (AvgIpc) is 3.24. The number of benzene rings is 1. The standard InChI is InChI=1S/C19H21N3O3/c23-16-12-10-20-19(13-8-4-5-9-14(13)21-18(19)25)15(12)17(24)22(16)11-6-2-1-3-7-11/h4-5,8-9,11-12,15,20H,1-3,6-7,10H2,(H,21,25)/p+1/t12-,15-,19-/m1/s1. The zero-order chi connectivity index (χ0) is 17.2. The van der Waals surface area contributed by atoms with E-state index in [1.807, 2.05) is 29.6 Å². The number of hydrogen-bond acceptors (Lipinski definition) is 3. The van der Waals surface area contributed by atoms with Gasteiger partial charge in [0.2, 0.25) is 17.4 Å². The van der Waals surface area contributed by atoms with E-state index in [1.54, 1.807) is 0 Å². The Balaban J connectivity index is 1.57. The van der Waals surface area contributed by atoms with E-state index in [1.165, 1.54) is 11.3 Å². The number of fused-ring (bicyclic) bond motifs is 4. The van der Waals surface area contributed by atoms with Gasteiger partial charge in [-0.25, -0.2) is 0 Å². The predicted octanol–water partition coefficient (Wildman–Crippen LogP) is 0.345. The monoisotopic (exact) mass is 340 g/mol. The number of nitrogens with two attached hydrogens (primary N) is 1. The van der Waals surface area contributed by atoms with Crippen molar-refractivity contribution in [2.24, 2.45) is 11.8 Å². The van der Waals surface area contributed by atoms with Crippen LogP contribution in [0.3, 0.4) is 0 Å². The highest BCUT2D eigenvalue weighted by atomic mass is 16.2. The molecule has 1 aromatic carbocycles. The first-order valence-corrected chi connectivity index (χ1v) is 9.27. The summed E-state index contributed by atoms with van der Waals surface area (Å²) in [6.07, 6.45) is 5.11. The van der Waals surface area contributed by atoms with Crippen LogP contribution in [0.15, 0.2) is 24.3 Å². The lowest BCUT2D eigenvalue weighted by atomic mass is 9.77. The van der Waals surface area contributed by atoms with Gasteiger partial charge in [0.25, 0.3) is 5.91 Å². The molecule has 25 heavy (non-hydrogen) atoms. The molecule has 1 saturated carbocycles. The Morgan fingerprint density at radius 1 is 1.04 bits per heavy atom. The number of carbonyl (C=O) groups is 3. The number of imide groups is 1. The summed E-state index contributed by atoms with van der Waals surface area (Å²) in [5, 5.41) is 4.83. The third kappa shape index (κ3) is 1.80. The van der Waals surface area contributed by atoms with Gasteiger partial charge >= 0.3 is 0 Å². The number of nitrogens with one attached hydrogen (secondary N) is 1. The molecule has 5 rings (SSSR count). The summed E-state index contributed by atoms with van der Waals surface area (Å²) in [6.45, 7) is 0.500. The van der Waals surface area contributed by atoms with Crippen molar-refractivity contribution in [2.45, 2.75) is 43.7 Å². The molecule has 3 heterocycles. The van der Waals surface area contributed by atoms with Crippen LogP contribution in [-0.4, -0.2) is 35.2 Å². The fourth-order valence-corrected chi connectivity index (χ4v) is 5.45. The number of likely N-dealkylation sites (tertiary alicyclic amines) is 1. The molecule has 2 saturated heterocycles. The normalized spacial score (nSPS) is 34.6. The Labute approximate surface area is 145 Å². The number of nitrogens with zero attached hydrogens (tertiary/aromatic N) is 1. The Kier molecular flexibility index (Phi) is 3.10. The van der Waals surface area contributed by atoms with Crippen molar-refractivity contribution >= 4 is 23.4 Å². The van der Waals surface area contributed by atoms with Crippen LogP contribution in [0.2, 0.25) is 0 Å². The lowest BCUT2D eigenvalue weighted by Gasteiger charge is -2.31.